The highest BCUT2D eigenvalue weighted by molar-refractivity contribution is 7.99. The molecule has 0 unspecified atom stereocenters. The van der Waals surface area contributed by atoms with Crippen LogP contribution in [-0.4, -0.2) is 16.7 Å². The van der Waals surface area contributed by atoms with Crippen molar-refractivity contribution in [3.63, 3.8) is 0 Å². The van der Waals surface area contributed by atoms with E-state index in [2.05, 4.69) is 42.5 Å². The van der Waals surface area contributed by atoms with E-state index in [1.54, 1.807) is 24.9 Å². The average molecular weight is 435 g/mol. The lowest BCUT2D eigenvalue weighted by Gasteiger charge is -2.15. The van der Waals surface area contributed by atoms with Crippen molar-refractivity contribution in [2.45, 2.75) is 49.8 Å². The lowest BCUT2D eigenvalue weighted by molar-refractivity contribution is 0.183. The van der Waals surface area contributed by atoms with E-state index in [-0.39, 0.29) is 0 Å². The molecular formula is C22H24Cl2N2OS. The second-order valence-corrected chi connectivity index (χ2v) is 8.95. The van der Waals surface area contributed by atoms with E-state index in [1.165, 1.54) is 27.4 Å². The molecule has 0 amide bonds. The molecule has 2 heterocycles. The van der Waals surface area contributed by atoms with Crippen LogP contribution in [0.5, 0.6) is 0 Å². The Labute approximate surface area is 181 Å². The molecule has 3 rings (SSSR count). The Hall–Kier alpha value is -1.46. The Morgan fingerprint density at radius 2 is 1.75 bits per heavy atom. The molecule has 1 aromatic carbocycles. The monoisotopic (exact) mass is 434 g/mol. The third-order valence-corrected chi connectivity index (χ3v) is 6.19. The molecule has 28 heavy (non-hydrogen) atoms. The van der Waals surface area contributed by atoms with Gasteiger partial charge in [-0.05, 0) is 54.3 Å². The second kappa shape index (κ2) is 9.36. The van der Waals surface area contributed by atoms with E-state index in [1.807, 2.05) is 24.5 Å². The van der Waals surface area contributed by atoms with Crippen molar-refractivity contribution >= 4 is 35.0 Å². The third-order valence-electron chi connectivity index (χ3n) is 4.65. The van der Waals surface area contributed by atoms with Gasteiger partial charge in [-0.2, -0.15) is 0 Å². The summed E-state index contributed by atoms with van der Waals surface area (Å²) in [6.45, 7) is 7.97. The van der Waals surface area contributed by atoms with Gasteiger partial charge < -0.3 is 9.30 Å². The number of methoxy groups -OCH3 is 1. The van der Waals surface area contributed by atoms with E-state index >= 15 is 0 Å². The summed E-state index contributed by atoms with van der Waals surface area (Å²) in [6, 6.07) is 9.77. The number of ether oxygens (including phenoxy) is 1. The molecule has 0 N–H and O–H groups in total. The fraction of sp³-hybridized carbons (Fsp3) is 0.318. The summed E-state index contributed by atoms with van der Waals surface area (Å²) < 4.78 is 7.89. The van der Waals surface area contributed by atoms with E-state index in [4.69, 9.17) is 27.9 Å². The minimum atomic E-state index is 0.361. The molecule has 0 aliphatic heterocycles. The van der Waals surface area contributed by atoms with Crippen molar-refractivity contribution in [3.05, 3.63) is 75.2 Å². The van der Waals surface area contributed by atoms with Gasteiger partial charge in [-0.25, -0.2) is 0 Å². The van der Waals surface area contributed by atoms with Gasteiger partial charge >= 0.3 is 0 Å². The van der Waals surface area contributed by atoms with Crippen LogP contribution in [0.15, 0.2) is 52.6 Å². The van der Waals surface area contributed by atoms with Gasteiger partial charge in [0.1, 0.15) is 0 Å². The first-order valence-corrected chi connectivity index (χ1v) is 10.7. The number of benzene rings is 1. The minimum Gasteiger partial charge on any atom is -0.380 e. The van der Waals surface area contributed by atoms with Gasteiger partial charge in [0.25, 0.3) is 0 Å². The van der Waals surface area contributed by atoms with Crippen LogP contribution in [0.4, 0.5) is 0 Å². The molecule has 0 saturated carbocycles. The number of pyridine rings is 1. The molecule has 3 nitrogen and oxygen atoms in total. The van der Waals surface area contributed by atoms with Gasteiger partial charge in [0.15, 0.2) is 0 Å². The summed E-state index contributed by atoms with van der Waals surface area (Å²) in [5.74, 6) is 0.361. The van der Waals surface area contributed by atoms with Crippen molar-refractivity contribution in [3.8, 4) is 0 Å². The standard InChI is InChI=1S/C22H24Cl2N2OS/c1-14(2)21-20(13-27-4)15(3)26(12-16-5-7-25-8-6-16)22(21)28-19-10-17(23)9-18(24)11-19/h5-11,14H,12-13H2,1-4H3. The second-order valence-electron chi connectivity index (χ2n) is 7.02. The summed E-state index contributed by atoms with van der Waals surface area (Å²) in [6.07, 6.45) is 3.66. The summed E-state index contributed by atoms with van der Waals surface area (Å²) >= 11 is 14.2. The molecule has 3 aromatic rings. The smallest absolute Gasteiger partial charge is 0.0840 e. The summed E-state index contributed by atoms with van der Waals surface area (Å²) in [5, 5.41) is 2.49. The zero-order valence-corrected chi connectivity index (χ0v) is 18.8. The van der Waals surface area contributed by atoms with Gasteiger partial charge in [-0.15, -0.1) is 0 Å². The van der Waals surface area contributed by atoms with E-state index < -0.39 is 0 Å². The number of nitrogens with zero attached hydrogens (tertiary/aromatic N) is 2. The van der Waals surface area contributed by atoms with E-state index in [0.29, 0.717) is 22.6 Å². The normalized spacial score (nSPS) is 11.4. The van der Waals surface area contributed by atoms with Crippen molar-refractivity contribution in [1.82, 2.24) is 9.55 Å². The van der Waals surface area contributed by atoms with E-state index in [0.717, 1.165) is 11.4 Å². The van der Waals surface area contributed by atoms with E-state index in [9.17, 15) is 0 Å². The predicted molar refractivity (Wildman–Crippen MR) is 118 cm³/mol. The lowest BCUT2D eigenvalue weighted by Crippen LogP contribution is -2.04. The highest BCUT2D eigenvalue weighted by Gasteiger charge is 2.23. The Balaban J connectivity index is 2.14. The molecule has 0 spiro atoms. The molecule has 0 aliphatic rings. The first-order chi connectivity index (χ1) is 13.4. The quantitative estimate of drug-likeness (QED) is 0.401. The first-order valence-electron chi connectivity index (χ1n) is 9.14. The molecular weight excluding hydrogens is 411 g/mol. The Morgan fingerprint density at radius 1 is 1.11 bits per heavy atom. The summed E-state index contributed by atoms with van der Waals surface area (Å²) in [5.41, 5.74) is 4.99. The van der Waals surface area contributed by atoms with Crippen LogP contribution in [-0.2, 0) is 17.9 Å². The van der Waals surface area contributed by atoms with Gasteiger partial charge in [-0.1, -0.05) is 48.8 Å². The van der Waals surface area contributed by atoms with Crippen LogP contribution < -0.4 is 0 Å². The molecule has 6 heteroatoms. The topological polar surface area (TPSA) is 27.1 Å². The fourth-order valence-corrected chi connectivity index (χ4v) is 5.41. The Kier molecular flexibility index (Phi) is 7.10. The molecule has 0 radical (unpaired) electrons. The van der Waals surface area contributed by atoms with Crippen molar-refractivity contribution in [2.75, 3.05) is 7.11 Å². The predicted octanol–water partition coefficient (Wildman–Crippen LogP) is 6.97. The average Bonchev–Trinajstić information content (AvgIpc) is 2.88. The number of hydrogen-bond acceptors (Lipinski definition) is 3. The summed E-state index contributed by atoms with van der Waals surface area (Å²) in [4.78, 5) is 5.16. The van der Waals surface area contributed by atoms with Crippen LogP contribution in [0.3, 0.4) is 0 Å². The van der Waals surface area contributed by atoms with Crippen molar-refractivity contribution in [2.24, 2.45) is 0 Å². The fourth-order valence-electron chi connectivity index (χ4n) is 3.38. The number of halogens is 2. The molecule has 2 aromatic heterocycles. The van der Waals surface area contributed by atoms with Gasteiger partial charge in [-0.3, -0.25) is 4.98 Å². The zero-order chi connectivity index (χ0) is 20.3. The van der Waals surface area contributed by atoms with Crippen LogP contribution in [0.1, 0.15) is 42.1 Å². The van der Waals surface area contributed by atoms with Crippen molar-refractivity contribution in [1.29, 1.82) is 0 Å². The van der Waals surface area contributed by atoms with Gasteiger partial charge in [0.05, 0.1) is 11.6 Å². The number of aromatic nitrogens is 2. The summed E-state index contributed by atoms with van der Waals surface area (Å²) in [7, 11) is 1.74. The zero-order valence-electron chi connectivity index (χ0n) is 16.5. The number of rotatable bonds is 7. The Bertz CT molecular complexity index is 935. The highest BCUT2D eigenvalue weighted by Crippen LogP contribution is 2.41. The van der Waals surface area contributed by atoms with Crippen LogP contribution in [0.2, 0.25) is 10.0 Å². The molecule has 0 fully saturated rings. The maximum absolute atomic E-state index is 6.24. The van der Waals surface area contributed by atoms with Gasteiger partial charge in [0, 0.05) is 52.2 Å². The van der Waals surface area contributed by atoms with Crippen molar-refractivity contribution < 1.29 is 4.74 Å². The molecule has 0 atom stereocenters. The van der Waals surface area contributed by atoms with Crippen LogP contribution in [0.25, 0.3) is 0 Å². The molecule has 0 aliphatic carbocycles. The van der Waals surface area contributed by atoms with Gasteiger partial charge in [0.2, 0.25) is 0 Å². The lowest BCUT2D eigenvalue weighted by atomic mass is 10.0. The largest absolute Gasteiger partial charge is 0.380 e. The third kappa shape index (κ3) is 4.74. The number of hydrogen-bond donors (Lipinski definition) is 0. The van der Waals surface area contributed by atoms with Crippen LogP contribution >= 0.6 is 35.0 Å². The molecule has 148 valence electrons. The maximum atomic E-state index is 6.24. The Morgan fingerprint density at radius 3 is 2.32 bits per heavy atom. The maximum Gasteiger partial charge on any atom is 0.0840 e. The molecule has 0 bridgehead atoms. The van der Waals surface area contributed by atoms with Crippen LogP contribution in [0, 0.1) is 6.92 Å². The minimum absolute atomic E-state index is 0.361. The first kappa shape index (κ1) is 21.3. The SMILES string of the molecule is COCc1c(C(C)C)c(Sc2cc(Cl)cc(Cl)c2)n(Cc2ccncc2)c1C. The highest BCUT2D eigenvalue weighted by atomic mass is 35.5. The molecule has 0 saturated heterocycles.